The van der Waals surface area contributed by atoms with Gasteiger partial charge in [-0.05, 0) is 30.5 Å². The zero-order valence-corrected chi connectivity index (χ0v) is 16.5. The molecule has 3 aliphatic rings. The number of benzene rings is 1. The zero-order valence-electron chi connectivity index (χ0n) is 16.5. The van der Waals surface area contributed by atoms with Crippen molar-refractivity contribution in [2.45, 2.75) is 38.4 Å². The van der Waals surface area contributed by atoms with Crippen LogP contribution in [0.5, 0.6) is 11.5 Å². The summed E-state index contributed by atoms with van der Waals surface area (Å²) >= 11 is 0. The molecule has 150 valence electrons. The zero-order chi connectivity index (χ0) is 19.9. The van der Waals surface area contributed by atoms with E-state index in [0.717, 1.165) is 17.1 Å². The number of hydrogen-bond donors (Lipinski definition) is 0. The van der Waals surface area contributed by atoms with Crippen LogP contribution in [0.2, 0.25) is 0 Å². The molecule has 0 spiro atoms. The summed E-state index contributed by atoms with van der Waals surface area (Å²) in [5, 5.41) is 0. The minimum Gasteiger partial charge on any atom is -0.490 e. The van der Waals surface area contributed by atoms with Crippen LogP contribution in [0, 0.1) is 11.3 Å². The average molecular weight is 386 g/mol. The highest BCUT2D eigenvalue weighted by Crippen LogP contribution is 2.56. The van der Waals surface area contributed by atoms with Crippen LogP contribution >= 0.6 is 0 Å². The van der Waals surface area contributed by atoms with Gasteiger partial charge in [0.2, 0.25) is 18.3 Å². The Morgan fingerprint density at radius 3 is 2.79 bits per heavy atom. The molecule has 6 heteroatoms. The molecule has 6 nitrogen and oxygen atoms in total. The van der Waals surface area contributed by atoms with Gasteiger partial charge in [-0.1, -0.05) is 19.1 Å². The van der Waals surface area contributed by atoms with Crippen LogP contribution in [-0.4, -0.2) is 39.0 Å². The Bertz CT molecular complexity index is 828. The molecule has 0 saturated carbocycles. The number of hydrogen-bond acceptors (Lipinski definition) is 6. The van der Waals surface area contributed by atoms with Gasteiger partial charge in [-0.25, -0.2) is 0 Å². The average Bonchev–Trinajstić information content (AvgIpc) is 3.26. The first kappa shape index (κ1) is 18.9. The van der Waals surface area contributed by atoms with Crippen molar-refractivity contribution in [3.8, 4) is 11.5 Å². The molecule has 1 saturated heterocycles. The van der Waals surface area contributed by atoms with E-state index in [1.807, 2.05) is 24.3 Å². The highest BCUT2D eigenvalue weighted by molar-refractivity contribution is 5.99. The quantitative estimate of drug-likeness (QED) is 0.699. The third-order valence-corrected chi connectivity index (χ3v) is 6.29. The SMILES string of the molecule is C=CC[C@]12C[C@@H](OC)C(=O)C(OC)=C1O[C@@H](Cc1ccc3c(c1)OCO3)[C@@H]2C. The lowest BCUT2D eigenvalue weighted by Gasteiger charge is -2.38. The van der Waals surface area contributed by atoms with E-state index in [2.05, 4.69) is 13.5 Å². The molecule has 1 aromatic rings. The summed E-state index contributed by atoms with van der Waals surface area (Å²) in [5.41, 5.74) is 0.741. The van der Waals surface area contributed by atoms with E-state index in [9.17, 15) is 4.79 Å². The largest absolute Gasteiger partial charge is 0.490 e. The van der Waals surface area contributed by atoms with E-state index in [1.54, 1.807) is 7.11 Å². The van der Waals surface area contributed by atoms with Crippen molar-refractivity contribution >= 4 is 5.78 Å². The van der Waals surface area contributed by atoms with Gasteiger partial charge in [-0.15, -0.1) is 6.58 Å². The molecule has 0 radical (unpaired) electrons. The normalized spacial score (nSPS) is 30.8. The Kier molecular flexibility index (Phi) is 4.83. The molecular formula is C22H26O6. The lowest BCUT2D eigenvalue weighted by atomic mass is 9.65. The second-order valence-corrected chi connectivity index (χ2v) is 7.64. The molecule has 1 aromatic carbocycles. The fourth-order valence-electron chi connectivity index (χ4n) is 4.70. The van der Waals surface area contributed by atoms with Gasteiger partial charge in [0.05, 0.1) is 7.11 Å². The van der Waals surface area contributed by atoms with Crippen LogP contribution in [0.15, 0.2) is 42.4 Å². The first-order valence-corrected chi connectivity index (χ1v) is 9.56. The van der Waals surface area contributed by atoms with E-state index in [-0.39, 0.29) is 35.8 Å². The molecule has 0 aromatic heterocycles. The van der Waals surface area contributed by atoms with Crippen molar-refractivity contribution < 1.29 is 28.5 Å². The number of fused-ring (bicyclic) bond motifs is 2. The maximum absolute atomic E-state index is 12.7. The van der Waals surface area contributed by atoms with E-state index in [4.69, 9.17) is 23.7 Å². The van der Waals surface area contributed by atoms with Gasteiger partial charge < -0.3 is 23.7 Å². The maximum atomic E-state index is 12.7. The second-order valence-electron chi connectivity index (χ2n) is 7.64. The van der Waals surface area contributed by atoms with Crippen molar-refractivity contribution in [1.29, 1.82) is 0 Å². The van der Waals surface area contributed by atoms with Crippen molar-refractivity contribution in [3.63, 3.8) is 0 Å². The van der Waals surface area contributed by atoms with E-state index in [0.29, 0.717) is 25.0 Å². The van der Waals surface area contributed by atoms with Crippen molar-refractivity contribution in [3.05, 3.63) is 47.9 Å². The molecule has 0 N–H and O–H groups in total. The highest BCUT2D eigenvalue weighted by atomic mass is 16.7. The molecule has 2 heterocycles. The summed E-state index contributed by atoms with van der Waals surface area (Å²) < 4.78 is 28.2. The van der Waals surface area contributed by atoms with Crippen molar-refractivity contribution in [2.75, 3.05) is 21.0 Å². The molecule has 4 rings (SSSR count). The summed E-state index contributed by atoms with van der Waals surface area (Å²) in [4.78, 5) is 12.7. The summed E-state index contributed by atoms with van der Waals surface area (Å²) in [6, 6.07) is 5.95. The topological polar surface area (TPSA) is 63.2 Å². The Hall–Kier alpha value is -2.47. The molecule has 1 fully saturated rings. The number of carbonyl (C=O) groups excluding carboxylic acids is 1. The predicted molar refractivity (Wildman–Crippen MR) is 102 cm³/mol. The fourth-order valence-corrected chi connectivity index (χ4v) is 4.70. The predicted octanol–water partition coefficient (Wildman–Crippen LogP) is 3.40. The summed E-state index contributed by atoms with van der Waals surface area (Å²) in [6.45, 7) is 6.36. The summed E-state index contributed by atoms with van der Waals surface area (Å²) in [6.07, 6.45) is 3.22. The Balaban J connectivity index is 1.68. The number of rotatable bonds is 6. The first-order valence-electron chi connectivity index (χ1n) is 9.56. The smallest absolute Gasteiger partial charge is 0.231 e. The molecule has 2 aliphatic heterocycles. The minimum atomic E-state index is -0.533. The van der Waals surface area contributed by atoms with Crippen LogP contribution < -0.4 is 9.47 Å². The first-order chi connectivity index (χ1) is 13.5. The number of ketones is 1. The molecule has 1 aliphatic carbocycles. The van der Waals surface area contributed by atoms with Gasteiger partial charge in [-0.3, -0.25) is 4.79 Å². The Morgan fingerprint density at radius 2 is 2.07 bits per heavy atom. The number of Topliss-reactive ketones (excluding diaryl/α,β-unsaturated/α-hetero) is 1. The van der Waals surface area contributed by atoms with Crippen LogP contribution in [0.1, 0.15) is 25.3 Å². The molecule has 0 bridgehead atoms. The fraction of sp³-hybridized carbons (Fsp3) is 0.500. The van der Waals surface area contributed by atoms with E-state index >= 15 is 0 Å². The molecule has 0 unspecified atom stereocenters. The summed E-state index contributed by atoms with van der Waals surface area (Å²) in [5.74, 6) is 2.44. The third kappa shape index (κ3) is 2.78. The van der Waals surface area contributed by atoms with Crippen molar-refractivity contribution in [2.24, 2.45) is 11.3 Å². The third-order valence-electron chi connectivity index (χ3n) is 6.29. The Labute approximate surface area is 165 Å². The minimum absolute atomic E-state index is 0.0936. The maximum Gasteiger partial charge on any atom is 0.231 e. The lowest BCUT2D eigenvalue weighted by molar-refractivity contribution is -0.132. The lowest BCUT2D eigenvalue weighted by Crippen LogP contribution is -2.42. The van der Waals surface area contributed by atoms with Gasteiger partial charge in [0.15, 0.2) is 11.5 Å². The van der Waals surface area contributed by atoms with Gasteiger partial charge >= 0.3 is 0 Å². The van der Waals surface area contributed by atoms with Gasteiger partial charge in [0.1, 0.15) is 18.0 Å². The number of carbonyl (C=O) groups is 1. The summed E-state index contributed by atoms with van der Waals surface area (Å²) in [7, 11) is 3.07. The van der Waals surface area contributed by atoms with E-state index in [1.165, 1.54) is 7.11 Å². The monoisotopic (exact) mass is 386 g/mol. The number of methoxy groups -OCH3 is 2. The molecule has 4 atom stereocenters. The van der Waals surface area contributed by atoms with Crippen LogP contribution in [0.4, 0.5) is 0 Å². The van der Waals surface area contributed by atoms with Gasteiger partial charge in [0, 0.05) is 24.9 Å². The van der Waals surface area contributed by atoms with Crippen molar-refractivity contribution in [1.82, 2.24) is 0 Å². The molecule has 28 heavy (non-hydrogen) atoms. The molecule has 0 amide bonds. The van der Waals surface area contributed by atoms with Gasteiger partial charge in [-0.2, -0.15) is 0 Å². The number of ether oxygens (including phenoxy) is 5. The standard InChI is InChI=1S/C22H26O6/c1-5-8-22-11-18(24-3)19(23)20(25-4)21(22)28-16(13(22)2)9-14-6-7-15-17(10-14)27-12-26-15/h5-7,10,13,16,18H,1,8-9,11-12H2,2-4H3/t13-,16-,18+,22+/m0/s1. The highest BCUT2D eigenvalue weighted by Gasteiger charge is 2.58. The Morgan fingerprint density at radius 1 is 1.29 bits per heavy atom. The van der Waals surface area contributed by atoms with Crippen LogP contribution in [-0.2, 0) is 25.4 Å². The second kappa shape index (κ2) is 7.17. The van der Waals surface area contributed by atoms with Crippen LogP contribution in [0.25, 0.3) is 0 Å². The van der Waals surface area contributed by atoms with Crippen LogP contribution in [0.3, 0.4) is 0 Å². The number of allylic oxidation sites excluding steroid dienone is 2. The molecular weight excluding hydrogens is 360 g/mol. The van der Waals surface area contributed by atoms with E-state index < -0.39 is 6.10 Å². The van der Waals surface area contributed by atoms with Gasteiger partial charge in [0.25, 0.3) is 0 Å².